The lowest BCUT2D eigenvalue weighted by Crippen LogP contribution is -2.02. The number of H-pyrrole nitrogens is 1. The minimum absolute atomic E-state index is 0.0981. The highest BCUT2D eigenvalue weighted by Gasteiger charge is 2.10. The second-order valence-corrected chi connectivity index (χ2v) is 5.68. The Labute approximate surface area is 117 Å². The molecule has 19 heavy (non-hydrogen) atoms. The van der Waals surface area contributed by atoms with Gasteiger partial charge in [0.25, 0.3) is 0 Å². The van der Waals surface area contributed by atoms with Gasteiger partial charge in [0.2, 0.25) is 5.16 Å². The summed E-state index contributed by atoms with van der Waals surface area (Å²) < 4.78 is 0. The molecule has 0 fully saturated rings. The van der Waals surface area contributed by atoms with Crippen LogP contribution in [0.4, 0.5) is 0 Å². The summed E-state index contributed by atoms with van der Waals surface area (Å²) in [7, 11) is 0. The average molecular weight is 275 g/mol. The number of nitrogens with one attached hydrogen (secondary N) is 1. The molecule has 0 aliphatic rings. The molecule has 2 aromatic rings. The minimum Gasteiger partial charge on any atom is -0.293 e. The lowest BCUT2D eigenvalue weighted by molar-refractivity contribution is 0.102. The fourth-order valence-corrected chi connectivity index (χ4v) is 2.23. The van der Waals surface area contributed by atoms with E-state index < -0.39 is 0 Å². The highest BCUT2D eigenvalue weighted by molar-refractivity contribution is 7.99. The summed E-state index contributed by atoms with van der Waals surface area (Å²) in [6.45, 7) is 6.10. The van der Waals surface area contributed by atoms with Gasteiger partial charge in [-0.25, -0.2) is 4.98 Å². The van der Waals surface area contributed by atoms with Crippen molar-refractivity contribution in [2.24, 2.45) is 0 Å². The maximum absolute atomic E-state index is 12.0. The monoisotopic (exact) mass is 275 g/mol. The van der Waals surface area contributed by atoms with Gasteiger partial charge in [-0.1, -0.05) is 55.4 Å². The van der Waals surface area contributed by atoms with E-state index in [1.165, 1.54) is 11.8 Å². The fraction of sp³-hybridized carbons (Fsp3) is 0.357. The van der Waals surface area contributed by atoms with Crippen LogP contribution in [0, 0.1) is 6.92 Å². The maximum Gasteiger partial charge on any atom is 0.208 e. The van der Waals surface area contributed by atoms with Crippen molar-refractivity contribution in [2.45, 2.75) is 31.8 Å². The van der Waals surface area contributed by atoms with Gasteiger partial charge in [-0.2, -0.15) is 0 Å². The average Bonchev–Trinajstić information content (AvgIpc) is 2.86. The molecule has 0 unspecified atom stereocenters. The number of hydrogen-bond acceptors (Lipinski definition) is 4. The molecule has 0 atom stereocenters. The van der Waals surface area contributed by atoms with Crippen LogP contribution in [0.2, 0.25) is 0 Å². The maximum atomic E-state index is 12.0. The quantitative estimate of drug-likeness (QED) is 0.672. The molecule has 0 saturated carbocycles. The molecular weight excluding hydrogens is 258 g/mol. The second-order valence-electron chi connectivity index (χ2n) is 4.74. The Morgan fingerprint density at radius 3 is 2.58 bits per heavy atom. The van der Waals surface area contributed by atoms with Crippen LogP contribution in [0.1, 0.15) is 41.5 Å². The van der Waals surface area contributed by atoms with E-state index >= 15 is 0 Å². The van der Waals surface area contributed by atoms with Crippen LogP contribution in [0.3, 0.4) is 0 Å². The molecular formula is C14H17N3OS. The Balaban J connectivity index is 1.94. The molecule has 0 radical (unpaired) electrons. The van der Waals surface area contributed by atoms with Crippen LogP contribution in [-0.2, 0) is 0 Å². The standard InChI is InChI=1S/C14H17N3OS/c1-9(2)13-15-14(17-16-13)19-8-12(18)11-6-4-10(3)5-7-11/h4-7,9H,8H2,1-3H3,(H,15,16,17). The van der Waals surface area contributed by atoms with Gasteiger partial charge < -0.3 is 0 Å². The van der Waals surface area contributed by atoms with Gasteiger partial charge in [0, 0.05) is 11.5 Å². The van der Waals surface area contributed by atoms with Crippen LogP contribution >= 0.6 is 11.8 Å². The predicted molar refractivity (Wildman–Crippen MR) is 76.7 cm³/mol. The molecule has 1 aromatic heterocycles. The largest absolute Gasteiger partial charge is 0.293 e. The zero-order valence-electron chi connectivity index (χ0n) is 11.3. The summed E-state index contributed by atoms with van der Waals surface area (Å²) in [4.78, 5) is 16.3. The number of rotatable bonds is 5. The topological polar surface area (TPSA) is 58.6 Å². The van der Waals surface area contributed by atoms with Crippen molar-refractivity contribution in [2.75, 3.05) is 5.75 Å². The summed E-state index contributed by atoms with van der Waals surface area (Å²) in [5.74, 6) is 1.62. The van der Waals surface area contributed by atoms with E-state index in [1.807, 2.05) is 45.0 Å². The summed E-state index contributed by atoms with van der Waals surface area (Å²) in [5.41, 5.74) is 1.89. The minimum atomic E-state index is 0.0981. The molecule has 0 saturated heterocycles. The third-order valence-corrected chi connectivity index (χ3v) is 3.58. The number of aromatic amines is 1. The smallest absolute Gasteiger partial charge is 0.208 e. The first-order valence-electron chi connectivity index (χ1n) is 6.21. The number of ketones is 1. The molecule has 1 aromatic carbocycles. The molecule has 1 heterocycles. The molecule has 0 spiro atoms. The number of thioether (sulfide) groups is 1. The zero-order valence-corrected chi connectivity index (χ0v) is 12.1. The highest BCUT2D eigenvalue weighted by Crippen LogP contribution is 2.17. The van der Waals surface area contributed by atoms with E-state index in [4.69, 9.17) is 0 Å². The SMILES string of the molecule is Cc1ccc(C(=O)CSc2n[nH]c(C(C)C)n2)cc1. The summed E-state index contributed by atoms with van der Waals surface area (Å²) >= 11 is 1.36. The molecule has 0 aliphatic carbocycles. The van der Waals surface area contributed by atoms with Crippen molar-refractivity contribution in [3.63, 3.8) is 0 Å². The molecule has 0 amide bonds. The summed E-state index contributed by atoms with van der Waals surface area (Å²) in [6, 6.07) is 7.61. The van der Waals surface area contributed by atoms with E-state index in [9.17, 15) is 4.79 Å². The van der Waals surface area contributed by atoms with Crippen LogP contribution in [-0.4, -0.2) is 26.7 Å². The summed E-state index contributed by atoms with van der Waals surface area (Å²) in [6.07, 6.45) is 0. The molecule has 0 bridgehead atoms. The Kier molecular flexibility index (Phi) is 4.37. The van der Waals surface area contributed by atoms with Gasteiger partial charge in [-0.05, 0) is 6.92 Å². The third kappa shape index (κ3) is 3.67. The lowest BCUT2D eigenvalue weighted by Gasteiger charge is -1.99. The van der Waals surface area contributed by atoms with Crippen molar-refractivity contribution >= 4 is 17.5 Å². The van der Waals surface area contributed by atoms with Crippen molar-refractivity contribution in [1.29, 1.82) is 0 Å². The number of aryl methyl sites for hydroxylation is 1. The van der Waals surface area contributed by atoms with E-state index in [0.29, 0.717) is 16.8 Å². The van der Waals surface area contributed by atoms with Gasteiger partial charge >= 0.3 is 0 Å². The predicted octanol–water partition coefficient (Wildman–Crippen LogP) is 3.21. The number of carbonyl (C=O) groups is 1. The van der Waals surface area contributed by atoms with Gasteiger partial charge in [0.05, 0.1) is 5.75 Å². The third-order valence-electron chi connectivity index (χ3n) is 2.73. The molecule has 1 N–H and O–H groups in total. The lowest BCUT2D eigenvalue weighted by atomic mass is 10.1. The Hall–Kier alpha value is -1.62. The molecule has 4 nitrogen and oxygen atoms in total. The van der Waals surface area contributed by atoms with E-state index in [-0.39, 0.29) is 5.78 Å². The van der Waals surface area contributed by atoms with Crippen LogP contribution in [0.15, 0.2) is 29.4 Å². The number of carbonyl (C=O) groups excluding carboxylic acids is 1. The number of nitrogens with zero attached hydrogens (tertiary/aromatic N) is 2. The number of hydrogen-bond donors (Lipinski definition) is 1. The first-order chi connectivity index (χ1) is 9.06. The normalized spacial score (nSPS) is 10.9. The summed E-state index contributed by atoms with van der Waals surface area (Å²) in [5, 5.41) is 7.60. The van der Waals surface area contributed by atoms with Crippen molar-refractivity contribution in [1.82, 2.24) is 15.2 Å². The van der Waals surface area contributed by atoms with Gasteiger partial charge in [0.1, 0.15) is 5.82 Å². The molecule has 100 valence electrons. The molecule has 2 rings (SSSR count). The molecule has 0 aliphatic heterocycles. The van der Waals surface area contributed by atoms with E-state index in [2.05, 4.69) is 15.2 Å². The second kappa shape index (κ2) is 6.02. The highest BCUT2D eigenvalue weighted by atomic mass is 32.2. The Bertz CT molecular complexity index is 560. The Morgan fingerprint density at radius 1 is 1.32 bits per heavy atom. The Morgan fingerprint density at radius 2 is 2.00 bits per heavy atom. The van der Waals surface area contributed by atoms with Gasteiger partial charge in [0.15, 0.2) is 5.78 Å². The fourth-order valence-electron chi connectivity index (χ4n) is 1.53. The number of benzene rings is 1. The van der Waals surface area contributed by atoms with Crippen LogP contribution < -0.4 is 0 Å². The molecule has 5 heteroatoms. The first-order valence-corrected chi connectivity index (χ1v) is 7.20. The first kappa shape index (κ1) is 13.8. The van der Waals surface area contributed by atoms with Crippen LogP contribution in [0.25, 0.3) is 0 Å². The number of Topliss-reactive ketones (excluding diaryl/α,β-unsaturated/α-hetero) is 1. The van der Waals surface area contributed by atoms with Gasteiger partial charge in [-0.3, -0.25) is 9.89 Å². The van der Waals surface area contributed by atoms with Crippen molar-refractivity contribution in [3.05, 3.63) is 41.2 Å². The van der Waals surface area contributed by atoms with E-state index in [0.717, 1.165) is 17.0 Å². The van der Waals surface area contributed by atoms with E-state index in [1.54, 1.807) is 0 Å². The van der Waals surface area contributed by atoms with Crippen LogP contribution in [0.5, 0.6) is 0 Å². The van der Waals surface area contributed by atoms with Crippen molar-refractivity contribution < 1.29 is 4.79 Å². The van der Waals surface area contributed by atoms with Gasteiger partial charge in [-0.15, -0.1) is 5.10 Å². The zero-order chi connectivity index (χ0) is 13.8. The number of aromatic nitrogens is 3. The van der Waals surface area contributed by atoms with Crippen molar-refractivity contribution in [3.8, 4) is 0 Å².